The Balaban J connectivity index is 2.28. The first kappa shape index (κ1) is 6.79. The van der Waals surface area contributed by atoms with Gasteiger partial charge in [-0.1, -0.05) is 29.9 Å². The lowest BCUT2D eigenvalue weighted by Crippen LogP contribution is -2.13. The lowest BCUT2D eigenvalue weighted by Gasteiger charge is -2.01. The van der Waals surface area contributed by atoms with Gasteiger partial charge in [-0.15, -0.1) is 0 Å². The summed E-state index contributed by atoms with van der Waals surface area (Å²) in [5, 5.41) is 0. The van der Waals surface area contributed by atoms with E-state index in [1.807, 2.05) is 24.3 Å². The van der Waals surface area contributed by atoms with E-state index in [1.165, 1.54) is 0 Å². The zero-order valence-electron chi connectivity index (χ0n) is 6.04. The third kappa shape index (κ3) is 1.57. The summed E-state index contributed by atoms with van der Waals surface area (Å²) in [7, 11) is 0. The molecule has 3 rings (SSSR count). The van der Waals surface area contributed by atoms with Gasteiger partial charge in [-0.2, -0.15) is 0 Å². The third-order valence-corrected chi connectivity index (χ3v) is 1.62. The maximum atomic E-state index is 4.96. The molecule has 1 aromatic carbocycles. The van der Waals surface area contributed by atoms with E-state index in [1.54, 1.807) is 0 Å². The van der Waals surface area contributed by atoms with E-state index in [-0.39, 0.29) is 0 Å². The lowest BCUT2D eigenvalue weighted by molar-refractivity contribution is -0.183. The molecule has 1 aromatic rings. The summed E-state index contributed by atoms with van der Waals surface area (Å²) in [5.74, 6) is 0. The molecule has 3 heteroatoms. The van der Waals surface area contributed by atoms with Gasteiger partial charge in [0.05, 0.1) is 13.2 Å². The van der Waals surface area contributed by atoms with Gasteiger partial charge in [-0.3, -0.25) is 9.68 Å². The Morgan fingerprint density at radius 3 is 1.82 bits per heavy atom. The van der Waals surface area contributed by atoms with E-state index >= 15 is 0 Å². The first-order valence-corrected chi connectivity index (χ1v) is 3.51. The molecule has 0 saturated carbocycles. The Morgan fingerprint density at radius 1 is 0.909 bits per heavy atom. The molecule has 0 aliphatic carbocycles. The minimum Gasteiger partial charge on any atom is -0.272 e. The average molecular weight is 151 g/mol. The summed E-state index contributed by atoms with van der Waals surface area (Å²) in [6.45, 7) is 1.08. The van der Waals surface area contributed by atoms with E-state index < -0.39 is 0 Å². The Hall–Kier alpha value is -0.900. The van der Waals surface area contributed by atoms with Gasteiger partial charge in [-0.05, 0) is 11.1 Å². The summed E-state index contributed by atoms with van der Waals surface area (Å²) in [4.78, 5) is 9.92. The molecule has 0 unspecified atom stereocenters. The van der Waals surface area contributed by atoms with Crippen molar-refractivity contribution in [1.82, 2.24) is 5.64 Å². The molecular weight excluding hydrogens is 142 g/mol. The van der Waals surface area contributed by atoms with Gasteiger partial charge < -0.3 is 0 Å². The fourth-order valence-electron chi connectivity index (χ4n) is 0.999. The normalized spacial score (nSPS) is 17.1. The largest absolute Gasteiger partial charge is 0.272 e. The number of hydrogen-bond acceptors (Lipinski definition) is 3. The van der Waals surface area contributed by atoms with Crippen molar-refractivity contribution in [2.75, 3.05) is 0 Å². The molecular formula is C8H9NO2. The predicted octanol–water partition coefficient (Wildman–Crippen LogP) is 1.15. The van der Waals surface area contributed by atoms with Gasteiger partial charge in [0, 0.05) is 0 Å². The Kier molecular flexibility index (Phi) is 1.85. The molecule has 2 aliphatic rings. The van der Waals surface area contributed by atoms with Gasteiger partial charge in [0.1, 0.15) is 0 Å². The highest BCUT2D eigenvalue weighted by atomic mass is 16.9. The minimum absolute atomic E-state index is 0.542. The molecule has 3 nitrogen and oxygen atoms in total. The maximum absolute atomic E-state index is 4.96. The summed E-state index contributed by atoms with van der Waals surface area (Å²) in [6.07, 6.45) is 0. The minimum atomic E-state index is 0.542. The van der Waals surface area contributed by atoms with Crippen LogP contribution in [0.25, 0.3) is 0 Å². The van der Waals surface area contributed by atoms with Gasteiger partial charge in [0.25, 0.3) is 0 Å². The van der Waals surface area contributed by atoms with Crippen molar-refractivity contribution in [2.45, 2.75) is 13.2 Å². The van der Waals surface area contributed by atoms with Gasteiger partial charge >= 0.3 is 0 Å². The SMILES string of the molecule is c1cc2ccc1CONOC2. The van der Waals surface area contributed by atoms with Crippen molar-refractivity contribution >= 4 is 0 Å². The third-order valence-electron chi connectivity index (χ3n) is 1.62. The fourth-order valence-corrected chi connectivity index (χ4v) is 0.999. The van der Waals surface area contributed by atoms with Crippen LogP contribution in [0.2, 0.25) is 0 Å². The van der Waals surface area contributed by atoms with Crippen molar-refractivity contribution in [2.24, 2.45) is 0 Å². The smallest absolute Gasteiger partial charge is 0.0959 e. The van der Waals surface area contributed by atoms with Crippen LogP contribution in [0.15, 0.2) is 24.3 Å². The number of fused-ring (bicyclic) bond motifs is 6. The molecule has 1 N–H and O–H groups in total. The zero-order chi connectivity index (χ0) is 7.52. The molecule has 2 heterocycles. The number of rotatable bonds is 0. The quantitative estimate of drug-likeness (QED) is 0.603. The first-order chi connectivity index (χ1) is 5.45. The lowest BCUT2D eigenvalue weighted by atomic mass is 10.1. The zero-order valence-corrected chi connectivity index (χ0v) is 6.04. The van der Waals surface area contributed by atoms with Crippen molar-refractivity contribution < 1.29 is 9.68 Å². The molecule has 58 valence electrons. The van der Waals surface area contributed by atoms with Crippen LogP contribution in [0, 0.1) is 0 Å². The topological polar surface area (TPSA) is 30.5 Å². The van der Waals surface area contributed by atoms with Crippen LogP contribution >= 0.6 is 0 Å². The van der Waals surface area contributed by atoms with E-state index in [2.05, 4.69) is 5.64 Å². The average Bonchev–Trinajstić information content (AvgIpc) is 2.21. The highest BCUT2D eigenvalue weighted by Gasteiger charge is 1.99. The summed E-state index contributed by atoms with van der Waals surface area (Å²) < 4.78 is 0. The van der Waals surface area contributed by atoms with Crippen LogP contribution in [-0.4, -0.2) is 0 Å². The van der Waals surface area contributed by atoms with Crippen molar-refractivity contribution in [3.63, 3.8) is 0 Å². The van der Waals surface area contributed by atoms with E-state index in [4.69, 9.17) is 9.68 Å². The molecule has 0 spiro atoms. The second-order valence-corrected chi connectivity index (χ2v) is 2.48. The summed E-state index contributed by atoms with van der Waals surface area (Å²) in [6, 6.07) is 8.13. The molecule has 2 aliphatic heterocycles. The van der Waals surface area contributed by atoms with Crippen molar-refractivity contribution in [3.05, 3.63) is 35.4 Å². The van der Waals surface area contributed by atoms with Crippen LogP contribution in [0.1, 0.15) is 11.1 Å². The Morgan fingerprint density at radius 2 is 1.36 bits per heavy atom. The molecule has 2 bridgehead atoms. The highest BCUT2D eigenvalue weighted by molar-refractivity contribution is 5.21. The molecule has 0 fully saturated rings. The predicted molar refractivity (Wildman–Crippen MR) is 39.2 cm³/mol. The Labute approximate surface area is 64.8 Å². The fraction of sp³-hybridized carbons (Fsp3) is 0.250. The van der Waals surface area contributed by atoms with Gasteiger partial charge in [0.2, 0.25) is 0 Å². The highest BCUT2D eigenvalue weighted by Crippen LogP contribution is 2.07. The number of hydrogen-bond donors (Lipinski definition) is 1. The molecule has 11 heavy (non-hydrogen) atoms. The Bertz CT molecular complexity index is 207. The standard InChI is InChI=1S/C8H9NO2/c1-2-8-4-3-7(1)5-10-9-11-6-8/h1-4,9H,5-6H2. The molecule has 0 aromatic heterocycles. The first-order valence-electron chi connectivity index (χ1n) is 3.51. The summed E-state index contributed by atoms with van der Waals surface area (Å²) >= 11 is 0. The van der Waals surface area contributed by atoms with E-state index in [0.717, 1.165) is 11.1 Å². The van der Waals surface area contributed by atoms with Crippen LogP contribution < -0.4 is 5.64 Å². The molecule has 0 radical (unpaired) electrons. The molecule has 0 atom stereocenters. The number of benzene rings is 1. The monoisotopic (exact) mass is 151 g/mol. The molecule has 0 amide bonds. The number of nitrogens with one attached hydrogen (secondary N) is 1. The van der Waals surface area contributed by atoms with Gasteiger partial charge in [0.15, 0.2) is 0 Å². The van der Waals surface area contributed by atoms with Crippen LogP contribution in [0.3, 0.4) is 0 Å². The van der Waals surface area contributed by atoms with E-state index in [0.29, 0.717) is 13.2 Å². The molecule has 0 saturated heterocycles. The van der Waals surface area contributed by atoms with Gasteiger partial charge in [-0.25, -0.2) is 0 Å². The van der Waals surface area contributed by atoms with Crippen molar-refractivity contribution in [1.29, 1.82) is 0 Å². The van der Waals surface area contributed by atoms with Crippen LogP contribution in [-0.2, 0) is 22.9 Å². The maximum Gasteiger partial charge on any atom is 0.0959 e. The second kappa shape index (κ2) is 3.00. The summed E-state index contributed by atoms with van der Waals surface area (Å²) in [5.41, 5.74) is 4.70. The van der Waals surface area contributed by atoms with Crippen LogP contribution in [0.4, 0.5) is 0 Å². The van der Waals surface area contributed by atoms with Crippen molar-refractivity contribution in [3.8, 4) is 0 Å². The van der Waals surface area contributed by atoms with Crippen LogP contribution in [0.5, 0.6) is 0 Å². The van der Waals surface area contributed by atoms with E-state index in [9.17, 15) is 0 Å². The second-order valence-electron chi connectivity index (χ2n) is 2.48.